The normalized spacial score (nSPS) is 14.8. The average Bonchev–Trinajstić information content (AvgIpc) is 3.56. The van der Waals surface area contributed by atoms with E-state index in [9.17, 15) is 0 Å². The van der Waals surface area contributed by atoms with Crippen molar-refractivity contribution >= 4 is 32.7 Å². The molecule has 0 saturated heterocycles. The molecule has 3 heterocycles. The number of benzene rings is 5. The zero-order valence-corrected chi connectivity index (χ0v) is 28.7. The second-order valence-electron chi connectivity index (χ2n) is 11.9. The van der Waals surface area contributed by atoms with Gasteiger partial charge in [0.25, 0.3) is 0 Å². The first-order valence-electron chi connectivity index (χ1n) is 19.7. The van der Waals surface area contributed by atoms with E-state index in [-0.39, 0.29) is 36.8 Å². The zero-order chi connectivity index (χ0) is 40.0. The van der Waals surface area contributed by atoms with Crippen molar-refractivity contribution in [1.29, 1.82) is 0 Å². The van der Waals surface area contributed by atoms with Gasteiger partial charge in [-0.1, -0.05) is 111 Å². The van der Waals surface area contributed by atoms with E-state index in [4.69, 9.17) is 16.8 Å². The van der Waals surface area contributed by atoms with E-state index < -0.39 is 26.0 Å². The molecule has 0 bridgehead atoms. The van der Waals surface area contributed by atoms with Gasteiger partial charge in [0.1, 0.15) is 5.58 Å². The van der Waals surface area contributed by atoms with E-state index in [1.807, 2.05) is 60.7 Å². The second-order valence-corrected chi connectivity index (χ2v) is 11.9. The molecule has 8 aromatic rings. The number of hydrogen-bond acceptors (Lipinski definition) is 3. The molecule has 0 atom stereocenters. The van der Waals surface area contributed by atoms with Gasteiger partial charge in [0.15, 0.2) is 0 Å². The number of furan rings is 1. The summed E-state index contributed by atoms with van der Waals surface area (Å²) in [5.41, 5.74) is 6.13. The molecule has 239 valence electrons. The molecule has 48 heavy (non-hydrogen) atoms. The first kappa shape index (κ1) is 23.4. The largest absolute Gasteiger partial charge is 0.500 e. The van der Waals surface area contributed by atoms with E-state index in [0.717, 1.165) is 49.4 Å². The Morgan fingerprint density at radius 1 is 0.646 bits per heavy atom. The predicted molar refractivity (Wildman–Crippen MR) is 195 cm³/mol. The summed E-state index contributed by atoms with van der Waals surface area (Å²) in [5, 5.41) is 4.21. The smallest absolute Gasteiger partial charge is 0.128 e. The van der Waals surface area contributed by atoms with E-state index in [1.54, 1.807) is 12.1 Å². The molecule has 8 rings (SSSR count). The fraction of sp³-hybridized carbons (Fsp3) is 0.136. The molecule has 0 aliphatic carbocycles. The van der Waals surface area contributed by atoms with Crippen molar-refractivity contribution < 1.29 is 36.9 Å². The van der Waals surface area contributed by atoms with Crippen molar-refractivity contribution in [3.05, 3.63) is 168 Å². The minimum atomic E-state index is -2.28. The van der Waals surface area contributed by atoms with Gasteiger partial charge in [0, 0.05) is 61.0 Å². The number of rotatable bonds is 4. The SMILES string of the molecule is [2H]C([2H])([2H])c1c[c-]c(-c2ccc(C([2H])([2H])[2H])cn2)cc1.[2H]C([2H])([2H])c1cnc(-c2[c-]cc3oc4c5ccccc5ccc4c3c2)cc1C(C)(C)c1ccccc1.[Ir]. The van der Waals surface area contributed by atoms with Crippen molar-refractivity contribution in [2.24, 2.45) is 0 Å². The number of fused-ring (bicyclic) bond motifs is 5. The van der Waals surface area contributed by atoms with Gasteiger partial charge in [-0.25, -0.2) is 0 Å². The molecule has 0 spiro atoms. The molecule has 3 nitrogen and oxygen atoms in total. The number of pyridine rings is 2. The van der Waals surface area contributed by atoms with Crippen molar-refractivity contribution in [2.75, 3.05) is 0 Å². The third kappa shape index (κ3) is 6.47. The number of hydrogen-bond donors (Lipinski definition) is 0. The van der Waals surface area contributed by atoms with Crippen LogP contribution < -0.4 is 0 Å². The molecule has 3 aromatic heterocycles. The molecule has 0 unspecified atom stereocenters. The van der Waals surface area contributed by atoms with Crippen molar-refractivity contribution in [2.45, 2.75) is 39.8 Å². The van der Waals surface area contributed by atoms with Gasteiger partial charge < -0.3 is 14.4 Å². The van der Waals surface area contributed by atoms with E-state index in [2.05, 4.69) is 60.2 Å². The maximum Gasteiger partial charge on any atom is 0.128 e. The van der Waals surface area contributed by atoms with Gasteiger partial charge in [-0.3, -0.25) is 0 Å². The Balaban J connectivity index is 0.000000223. The Bertz CT molecular complexity index is 2610. The van der Waals surface area contributed by atoms with Crippen LogP contribution in [0.2, 0.25) is 0 Å². The molecular weight excluding hydrogens is 765 g/mol. The number of aryl methyl sites for hydroxylation is 3. The average molecular weight is 810 g/mol. The summed E-state index contributed by atoms with van der Waals surface area (Å²) in [5.74, 6) is 0. The molecule has 0 fully saturated rings. The minimum Gasteiger partial charge on any atom is -0.500 e. The van der Waals surface area contributed by atoms with Gasteiger partial charge >= 0.3 is 0 Å². The monoisotopic (exact) mass is 810 g/mol. The summed E-state index contributed by atoms with van der Waals surface area (Å²) in [6.07, 6.45) is 2.80. The minimum absolute atomic E-state index is 0. The first-order chi connectivity index (χ1) is 26.4. The van der Waals surface area contributed by atoms with Crippen LogP contribution in [0.5, 0.6) is 0 Å². The number of nitrogens with zero attached hydrogens (tertiary/aromatic N) is 2. The van der Waals surface area contributed by atoms with Gasteiger partial charge in [0.2, 0.25) is 0 Å². The topological polar surface area (TPSA) is 38.9 Å². The van der Waals surface area contributed by atoms with Crippen LogP contribution in [0, 0.1) is 32.7 Å². The van der Waals surface area contributed by atoms with Crippen LogP contribution in [0.1, 0.15) is 54.0 Å². The summed E-state index contributed by atoms with van der Waals surface area (Å²) < 4.78 is 74.3. The van der Waals surface area contributed by atoms with E-state index >= 15 is 0 Å². The molecular formula is C44H36IrN2O-2. The van der Waals surface area contributed by atoms with Crippen molar-refractivity contribution in [3.8, 4) is 22.5 Å². The molecule has 0 amide bonds. The maximum atomic E-state index is 8.15. The Kier molecular flexibility index (Phi) is 6.68. The van der Waals surface area contributed by atoms with Crippen LogP contribution in [-0.4, -0.2) is 9.97 Å². The van der Waals surface area contributed by atoms with Crippen molar-refractivity contribution in [3.63, 3.8) is 0 Å². The Morgan fingerprint density at radius 2 is 1.42 bits per heavy atom. The molecule has 0 aliphatic rings. The first-order valence-corrected chi connectivity index (χ1v) is 15.2. The summed E-state index contributed by atoms with van der Waals surface area (Å²) in [7, 11) is 0. The van der Waals surface area contributed by atoms with Crippen LogP contribution in [0.25, 0.3) is 55.2 Å². The van der Waals surface area contributed by atoms with Crippen LogP contribution in [0.3, 0.4) is 0 Å². The van der Waals surface area contributed by atoms with Crippen LogP contribution in [-0.2, 0) is 25.5 Å². The van der Waals surface area contributed by atoms with Gasteiger partial charge in [-0.15, -0.1) is 59.2 Å². The van der Waals surface area contributed by atoms with Crippen molar-refractivity contribution in [1.82, 2.24) is 9.97 Å². The Labute approximate surface area is 308 Å². The molecule has 0 aliphatic heterocycles. The molecule has 0 saturated carbocycles. The third-order valence-corrected chi connectivity index (χ3v) is 8.50. The third-order valence-electron chi connectivity index (χ3n) is 8.50. The Hall–Kier alpha value is -4.89. The summed E-state index contributed by atoms with van der Waals surface area (Å²) >= 11 is 0. The maximum absolute atomic E-state index is 8.15. The molecule has 5 aromatic carbocycles. The predicted octanol–water partition coefficient (Wildman–Crippen LogP) is 11.4. The molecule has 1 radical (unpaired) electrons. The Morgan fingerprint density at radius 3 is 2.17 bits per heavy atom. The standard InChI is InChI=1S/C31H24NO.C13H12N.Ir/c1-20-19-32-28(18-27(20)31(2,3)23-10-5-4-6-11-23)22-14-16-29-26(17-22)25-15-13-21-9-7-8-12-24(21)30(25)33-29;1-10-3-6-12(7-4-10)13-8-5-11(2)9-14-13;/h4-13,15-19H,1-3H3;3-6,8-9H,1-2H3;/q2*-1;/i1D3;1D3,2D3;. The van der Waals surface area contributed by atoms with E-state index in [1.165, 1.54) is 30.6 Å². The fourth-order valence-corrected chi connectivity index (χ4v) is 5.86. The molecule has 4 heteroatoms. The number of aromatic nitrogens is 2. The quantitative estimate of drug-likeness (QED) is 0.166. The molecule has 0 N–H and O–H groups in total. The van der Waals surface area contributed by atoms with Crippen LogP contribution in [0.4, 0.5) is 0 Å². The van der Waals surface area contributed by atoms with Crippen LogP contribution in [0.15, 0.2) is 132 Å². The summed E-state index contributed by atoms with van der Waals surface area (Å²) in [6, 6.07) is 41.9. The fourth-order valence-electron chi connectivity index (χ4n) is 5.86. The van der Waals surface area contributed by atoms with Gasteiger partial charge in [-0.05, 0) is 52.7 Å². The van der Waals surface area contributed by atoms with E-state index in [0.29, 0.717) is 17.0 Å². The zero-order valence-electron chi connectivity index (χ0n) is 35.3. The van der Waals surface area contributed by atoms with Crippen LogP contribution >= 0.6 is 0 Å². The summed E-state index contributed by atoms with van der Waals surface area (Å²) in [6.45, 7) is -2.51. The van der Waals surface area contributed by atoms with Gasteiger partial charge in [-0.2, -0.15) is 0 Å². The van der Waals surface area contributed by atoms with Gasteiger partial charge in [0.05, 0.1) is 5.58 Å². The second kappa shape index (κ2) is 13.7. The summed E-state index contributed by atoms with van der Waals surface area (Å²) in [4.78, 5) is 8.66.